The van der Waals surface area contributed by atoms with Crippen molar-refractivity contribution in [1.82, 2.24) is 29.4 Å². The van der Waals surface area contributed by atoms with E-state index in [2.05, 4.69) is 39.3 Å². The number of halogens is 2. The van der Waals surface area contributed by atoms with Gasteiger partial charge >= 0.3 is 7.40 Å². The molecule has 11 nitrogen and oxygen atoms in total. The van der Waals surface area contributed by atoms with Crippen LogP contribution < -0.4 is 4.74 Å². The highest BCUT2D eigenvalue weighted by Crippen LogP contribution is 2.42. The van der Waals surface area contributed by atoms with Gasteiger partial charge in [-0.15, -0.1) is 5.10 Å². The van der Waals surface area contributed by atoms with Gasteiger partial charge in [0.1, 0.15) is 18.1 Å². The molecule has 328 valence electrons. The molecular formula is C50H52BF2N7O4. The van der Waals surface area contributed by atoms with Gasteiger partial charge in [-0.3, -0.25) is 8.63 Å². The van der Waals surface area contributed by atoms with Gasteiger partial charge in [-0.2, -0.15) is 0 Å². The molecule has 1 aliphatic rings. The molecule has 8 rings (SSSR count). The van der Waals surface area contributed by atoms with Crippen molar-refractivity contribution in [3.63, 3.8) is 0 Å². The molecule has 0 amide bonds. The number of hydrogen-bond donors (Lipinski definition) is 3. The second kappa shape index (κ2) is 20.3. The largest absolute Gasteiger partial charge is 0.678 e. The Hall–Kier alpha value is -6.61. The van der Waals surface area contributed by atoms with Gasteiger partial charge in [-0.05, 0) is 102 Å². The van der Waals surface area contributed by atoms with E-state index in [-0.39, 0.29) is 19.8 Å². The summed E-state index contributed by atoms with van der Waals surface area (Å²) in [6, 6.07) is 23.7. The molecule has 14 heteroatoms. The minimum atomic E-state index is -2.85. The van der Waals surface area contributed by atoms with Gasteiger partial charge < -0.3 is 33.8 Å². The molecule has 0 fully saturated rings. The molecule has 3 N–H and O–H groups in total. The van der Waals surface area contributed by atoms with Gasteiger partial charge in [0.2, 0.25) is 0 Å². The summed E-state index contributed by atoms with van der Waals surface area (Å²) in [5, 5.41) is 19.4. The Kier molecular flexibility index (Phi) is 13.9. The highest BCUT2D eigenvalue weighted by molar-refractivity contribution is 6.42. The molecule has 0 unspecified atom stereocenters. The zero-order chi connectivity index (χ0) is 44.6. The molecule has 0 spiro atoms. The van der Waals surface area contributed by atoms with Crippen molar-refractivity contribution < 1.29 is 27.9 Å². The fourth-order valence-corrected chi connectivity index (χ4v) is 8.47. The van der Waals surface area contributed by atoms with Crippen LogP contribution >= 0.6 is 0 Å². The number of aliphatic hydroxyl groups is 1. The van der Waals surface area contributed by atoms with Gasteiger partial charge in [0.05, 0.1) is 57.2 Å². The van der Waals surface area contributed by atoms with Crippen molar-refractivity contribution in [2.45, 2.75) is 53.7 Å². The Bertz CT molecular complexity index is 2900. The standard InChI is InChI=1S/C50H52BF2N7O4/c1-5-40-33(3)49(56-46(40)21-17-36-29-54-44-13-9-7-11-42(36)44)48(35-15-19-39(20-16-35)64-32-38-31-59(58-57-38)23-25-62-27-28-63-26-24-61)50-34(4)41(6-2)47(60(50)51(52)53)22-18-37-30-55-45-14-10-8-12-43(37)45/h7-22,29-31,54-55,61H,5-6,23-28,32H2,1-4H3/b21-17+,22-18+,49-48-. The first-order valence-electron chi connectivity index (χ1n) is 21.7. The summed E-state index contributed by atoms with van der Waals surface area (Å²) in [6.07, 6.45) is 14.8. The Morgan fingerprint density at radius 2 is 1.45 bits per heavy atom. The van der Waals surface area contributed by atoms with Crippen LogP contribution in [0.25, 0.3) is 45.6 Å². The highest BCUT2D eigenvalue weighted by atomic mass is 19.2. The molecule has 0 saturated heterocycles. The van der Waals surface area contributed by atoms with E-state index in [1.54, 1.807) is 4.68 Å². The van der Waals surface area contributed by atoms with Crippen LogP contribution in [0.5, 0.6) is 5.75 Å². The maximum Gasteiger partial charge on any atom is 0.678 e. The van der Waals surface area contributed by atoms with E-state index < -0.39 is 7.40 Å². The van der Waals surface area contributed by atoms with Crippen molar-refractivity contribution in [2.75, 3.05) is 33.0 Å². The van der Waals surface area contributed by atoms with Gasteiger partial charge in [0.15, 0.2) is 0 Å². The van der Waals surface area contributed by atoms with Crippen LogP contribution in [-0.2, 0) is 29.0 Å². The molecule has 1 aliphatic heterocycles. The number of hydrogen-bond acceptors (Lipinski definition) is 7. The Labute approximate surface area is 371 Å². The lowest BCUT2D eigenvalue weighted by Gasteiger charge is -2.17. The summed E-state index contributed by atoms with van der Waals surface area (Å²) >= 11 is 0. The molecule has 0 aliphatic carbocycles. The molecule has 5 heterocycles. The predicted molar refractivity (Wildman–Crippen MR) is 252 cm³/mol. The van der Waals surface area contributed by atoms with E-state index in [4.69, 9.17) is 24.3 Å². The quantitative estimate of drug-likeness (QED) is 0.0517. The third-order valence-corrected chi connectivity index (χ3v) is 11.6. The van der Waals surface area contributed by atoms with Gasteiger partial charge in [0, 0.05) is 51.2 Å². The number of nitrogens with zero attached hydrogens (tertiary/aromatic N) is 5. The third kappa shape index (κ3) is 9.35. The predicted octanol–water partition coefficient (Wildman–Crippen LogP) is 10.1. The topological polar surface area (TPSA) is 128 Å². The number of benzene rings is 3. The molecule has 64 heavy (non-hydrogen) atoms. The Morgan fingerprint density at radius 1 is 0.797 bits per heavy atom. The van der Waals surface area contributed by atoms with Crippen molar-refractivity contribution in [1.29, 1.82) is 0 Å². The van der Waals surface area contributed by atoms with E-state index in [1.165, 1.54) is 4.48 Å². The lowest BCUT2D eigenvalue weighted by atomic mass is 9.92. The molecule has 0 atom stereocenters. The molecule has 4 aromatic heterocycles. The van der Waals surface area contributed by atoms with Crippen LogP contribution in [0.15, 0.2) is 119 Å². The zero-order valence-corrected chi connectivity index (χ0v) is 36.6. The number of nitrogens with one attached hydrogen (secondary N) is 2. The number of para-hydroxylation sites is 2. The van der Waals surface area contributed by atoms with Crippen molar-refractivity contribution in [3.8, 4) is 5.75 Å². The first-order chi connectivity index (χ1) is 31.3. The van der Waals surface area contributed by atoms with Crippen molar-refractivity contribution >= 4 is 58.7 Å². The number of aliphatic imine (C=N–C) groups is 1. The fraction of sp³-hybridized carbons (Fsp3) is 0.260. The summed E-state index contributed by atoms with van der Waals surface area (Å²) < 4.78 is 51.6. The Morgan fingerprint density at radius 3 is 2.09 bits per heavy atom. The van der Waals surface area contributed by atoms with Gasteiger partial charge in [-0.1, -0.05) is 79.7 Å². The van der Waals surface area contributed by atoms with Gasteiger partial charge in [-0.25, -0.2) is 9.67 Å². The normalized spacial score (nSPS) is 14.0. The first kappa shape index (κ1) is 44.0. The van der Waals surface area contributed by atoms with E-state index in [0.29, 0.717) is 73.3 Å². The zero-order valence-electron chi connectivity index (χ0n) is 36.6. The van der Waals surface area contributed by atoms with Gasteiger partial charge in [0.25, 0.3) is 0 Å². The maximum absolute atomic E-state index is 15.9. The summed E-state index contributed by atoms with van der Waals surface area (Å²) in [7, 11) is -2.85. The van der Waals surface area contributed by atoms with Crippen LogP contribution in [0, 0.1) is 6.92 Å². The second-order valence-electron chi connectivity index (χ2n) is 15.5. The third-order valence-electron chi connectivity index (χ3n) is 11.6. The molecular weight excluding hydrogens is 811 g/mol. The SMILES string of the molecule is CCC1=C(C)/C(=C(\c2ccc(OCc3cn(CCOCCOCCO)nn3)cc2)c2c(C)c(CC)c(/C=C/c3c[nH]c4ccccc34)n2B(F)F)N=C1/C=C/c1c[nH]c2ccccc12. The number of fused-ring (bicyclic) bond motifs is 2. The fourth-order valence-electron chi connectivity index (χ4n) is 8.47. The van der Waals surface area contributed by atoms with Crippen LogP contribution in [0.4, 0.5) is 8.63 Å². The van der Waals surface area contributed by atoms with Crippen LogP contribution in [0.1, 0.15) is 72.1 Å². The summed E-state index contributed by atoms with van der Waals surface area (Å²) in [5.74, 6) is 0.588. The summed E-state index contributed by atoms with van der Waals surface area (Å²) in [4.78, 5) is 11.9. The number of allylic oxidation sites excluding steroid dienone is 3. The monoisotopic (exact) mass is 863 g/mol. The van der Waals surface area contributed by atoms with Crippen LogP contribution in [-0.4, -0.2) is 80.7 Å². The smallest absolute Gasteiger partial charge is 0.487 e. The number of rotatable bonds is 20. The minimum Gasteiger partial charge on any atom is -0.487 e. The van der Waals surface area contributed by atoms with E-state index in [1.807, 2.05) is 124 Å². The average Bonchev–Trinajstić information content (AvgIpc) is 4.15. The first-order valence-corrected chi connectivity index (χ1v) is 21.7. The summed E-state index contributed by atoms with van der Waals surface area (Å²) in [5.41, 5.74) is 11.9. The minimum absolute atomic E-state index is 0.0194. The average molecular weight is 864 g/mol. The number of H-pyrrole nitrogens is 2. The lowest BCUT2D eigenvalue weighted by Crippen LogP contribution is -2.18. The molecule has 3 aromatic carbocycles. The molecule has 7 aromatic rings. The van der Waals surface area contributed by atoms with Crippen molar-refractivity contribution in [3.05, 3.63) is 159 Å². The maximum atomic E-state index is 15.9. The summed E-state index contributed by atoms with van der Waals surface area (Å²) in [6.45, 7) is 10.3. The Balaban J connectivity index is 1.16. The number of aromatic amines is 2. The van der Waals surface area contributed by atoms with E-state index >= 15 is 8.63 Å². The number of aliphatic hydroxyl groups excluding tert-OH is 1. The highest BCUT2D eigenvalue weighted by Gasteiger charge is 2.33. The van der Waals surface area contributed by atoms with Crippen molar-refractivity contribution in [2.24, 2.45) is 4.99 Å². The number of aromatic nitrogens is 6. The lowest BCUT2D eigenvalue weighted by molar-refractivity contribution is 0.0302. The molecule has 0 radical (unpaired) electrons. The van der Waals surface area contributed by atoms with Crippen LogP contribution in [0.3, 0.4) is 0 Å². The molecule has 0 bridgehead atoms. The van der Waals surface area contributed by atoms with Crippen LogP contribution in [0.2, 0.25) is 0 Å². The number of ether oxygens (including phenoxy) is 3. The van der Waals surface area contributed by atoms with E-state index in [9.17, 15) is 0 Å². The van der Waals surface area contributed by atoms with E-state index in [0.717, 1.165) is 66.5 Å². The second-order valence-corrected chi connectivity index (χ2v) is 15.5. The molecule has 0 saturated carbocycles.